The lowest BCUT2D eigenvalue weighted by Gasteiger charge is -2.15. The topological polar surface area (TPSA) is 12.0 Å². The third-order valence-corrected chi connectivity index (χ3v) is 4.42. The number of halogens is 1. The molecule has 0 bridgehead atoms. The first-order chi connectivity index (χ1) is 7.13. The van der Waals surface area contributed by atoms with Crippen LogP contribution in [0.1, 0.15) is 44.7 Å². The zero-order valence-corrected chi connectivity index (χ0v) is 12.7. The quantitative estimate of drug-likeness (QED) is 0.757. The van der Waals surface area contributed by atoms with Crippen molar-refractivity contribution < 1.29 is 0 Å². The molecule has 0 saturated heterocycles. The van der Waals surface area contributed by atoms with E-state index in [2.05, 4.69) is 60.2 Å². The van der Waals surface area contributed by atoms with E-state index in [0.717, 1.165) is 5.92 Å². The Balaban J connectivity index is 2.42. The predicted molar refractivity (Wildman–Crippen MR) is 77.5 cm³/mol. The Kier molecular flexibility index (Phi) is 6.16. The van der Waals surface area contributed by atoms with Crippen molar-refractivity contribution in [3.63, 3.8) is 0 Å². The van der Waals surface area contributed by atoms with E-state index < -0.39 is 0 Å². The fourth-order valence-corrected chi connectivity index (χ4v) is 3.14. The predicted octanol–water partition coefficient (Wildman–Crippen LogP) is 4.44. The molecule has 1 rings (SSSR count). The Morgan fingerprint density at radius 3 is 2.60 bits per heavy atom. The molecule has 86 valence electrons. The van der Waals surface area contributed by atoms with E-state index in [0.29, 0.717) is 6.04 Å². The highest BCUT2D eigenvalue weighted by Gasteiger charge is 2.10. The van der Waals surface area contributed by atoms with E-state index in [1.807, 2.05) is 11.3 Å². The Hall–Kier alpha value is 0.390. The van der Waals surface area contributed by atoms with Crippen molar-refractivity contribution in [1.29, 1.82) is 0 Å². The van der Waals surface area contributed by atoms with Gasteiger partial charge in [0, 0.05) is 6.04 Å². The highest BCUT2D eigenvalue weighted by atomic mass is 127. The molecule has 0 spiro atoms. The summed E-state index contributed by atoms with van der Waals surface area (Å²) in [5.74, 6) is 0.824. The molecule has 0 aliphatic carbocycles. The first-order valence-electron chi connectivity index (χ1n) is 5.54. The summed E-state index contributed by atoms with van der Waals surface area (Å²) in [6, 6.07) is 2.84. The van der Waals surface area contributed by atoms with E-state index in [-0.39, 0.29) is 0 Å². The number of thiophene rings is 1. The standard InChI is InChI=1S/C12H20INS/c1-9(2)5-4-6-11(14-3)10-7-12(13)15-8-10/h7-9,11,14H,4-6H2,1-3H3. The molecule has 1 N–H and O–H groups in total. The third-order valence-electron chi connectivity index (χ3n) is 2.61. The number of rotatable bonds is 6. The summed E-state index contributed by atoms with van der Waals surface area (Å²) < 4.78 is 1.38. The van der Waals surface area contributed by atoms with Crippen LogP contribution in [0.5, 0.6) is 0 Å². The van der Waals surface area contributed by atoms with Crippen molar-refractivity contribution in [1.82, 2.24) is 5.32 Å². The number of hydrogen-bond donors (Lipinski definition) is 1. The molecule has 0 radical (unpaired) electrons. The smallest absolute Gasteiger partial charge is 0.0656 e. The number of nitrogens with one attached hydrogen (secondary N) is 1. The lowest BCUT2D eigenvalue weighted by atomic mass is 10.00. The molecule has 1 heterocycles. The Bertz CT molecular complexity index is 283. The molecule has 15 heavy (non-hydrogen) atoms. The summed E-state index contributed by atoms with van der Waals surface area (Å²) >= 11 is 4.22. The minimum Gasteiger partial charge on any atom is -0.313 e. The molecule has 1 aromatic rings. The Labute approximate surface area is 111 Å². The van der Waals surface area contributed by atoms with Crippen LogP contribution in [-0.4, -0.2) is 7.05 Å². The molecule has 1 unspecified atom stereocenters. The summed E-state index contributed by atoms with van der Waals surface area (Å²) in [5.41, 5.74) is 1.45. The maximum Gasteiger partial charge on any atom is 0.0656 e. The van der Waals surface area contributed by atoms with Crippen LogP contribution < -0.4 is 5.32 Å². The molecule has 0 aromatic carbocycles. The second kappa shape index (κ2) is 6.86. The fourth-order valence-electron chi connectivity index (χ4n) is 1.71. The zero-order chi connectivity index (χ0) is 11.3. The number of hydrogen-bond acceptors (Lipinski definition) is 2. The first-order valence-corrected chi connectivity index (χ1v) is 7.50. The van der Waals surface area contributed by atoms with Gasteiger partial charge in [-0.2, -0.15) is 0 Å². The monoisotopic (exact) mass is 337 g/mol. The third kappa shape index (κ3) is 4.83. The second-order valence-corrected chi connectivity index (χ2v) is 7.16. The van der Waals surface area contributed by atoms with E-state index in [1.54, 1.807) is 0 Å². The summed E-state index contributed by atoms with van der Waals surface area (Å²) in [4.78, 5) is 0. The van der Waals surface area contributed by atoms with Crippen molar-refractivity contribution in [2.75, 3.05) is 7.05 Å². The molecule has 0 amide bonds. The van der Waals surface area contributed by atoms with Gasteiger partial charge in [-0.15, -0.1) is 11.3 Å². The van der Waals surface area contributed by atoms with Gasteiger partial charge in [-0.05, 0) is 59.0 Å². The SMILES string of the molecule is CNC(CCCC(C)C)c1csc(I)c1. The van der Waals surface area contributed by atoms with Crippen LogP contribution in [0, 0.1) is 8.80 Å². The van der Waals surface area contributed by atoms with Crippen LogP contribution in [0.4, 0.5) is 0 Å². The largest absolute Gasteiger partial charge is 0.313 e. The molecule has 3 heteroatoms. The van der Waals surface area contributed by atoms with Gasteiger partial charge in [0.05, 0.1) is 2.88 Å². The highest BCUT2D eigenvalue weighted by molar-refractivity contribution is 14.1. The molecule has 0 fully saturated rings. The van der Waals surface area contributed by atoms with Crippen molar-refractivity contribution in [3.05, 3.63) is 19.9 Å². The van der Waals surface area contributed by atoms with Crippen molar-refractivity contribution in [3.8, 4) is 0 Å². The molecular weight excluding hydrogens is 317 g/mol. The van der Waals surface area contributed by atoms with Crippen LogP contribution in [-0.2, 0) is 0 Å². The van der Waals surface area contributed by atoms with Crippen molar-refractivity contribution in [2.45, 2.75) is 39.2 Å². The zero-order valence-electron chi connectivity index (χ0n) is 9.72. The van der Waals surface area contributed by atoms with Gasteiger partial charge in [0.25, 0.3) is 0 Å². The van der Waals surface area contributed by atoms with Crippen LogP contribution in [0.3, 0.4) is 0 Å². The van der Waals surface area contributed by atoms with Crippen molar-refractivity contribution in [2.24, 2.45) is 5.92 Å². The van der Waals surface area contributed by atoms with Crippen LogP contribution in [0.2, 0.25) is 0 Å². The van der Waals surface area contributed by atoms with E-state index in [4.69, 9.17) is 0 Å². The first kappa shape index (κ1) is 13.5. The van der Waals surface area contributed by atoms with Gasteiger partial charge in [-0.25, -0.2) is 0 Å². The summed E-state index contributed by atoms with van der Waals surface area (Å²) in [5, 5.41) is 5.68. The van der Waals surface area contributed by atoms with Gasteiger partial charge >= 0.3 is 0 Å². The molecule has 0 saturated carbocycles. The van der Waals surface area contributed by atoms with Gasteiger partial charge < -0.3 is 5.32 Å². The lowest BCUT2D eigenvalue weighted by Crippen LogP contribution is -2.15. The molecule has 1 aromatic heterocycles. The fraction of sp³-hybridized carbons (Fsp3) is 0.667. The molecule has 0 aliphatic heterocycles. The average molecular weight is 337 g/mol. The molecular formula is C12H20INS. The second-order valence-electron chi connectivity index (χ2n) is 4.35. The highest BCUT2D eigenvalue weighted by Crippen LogP contribution is 2.26. The van der Waals surface area contributed by atoms with Crippen LogP contribution in [0.15, 0.2) is 11.4 Å². The maximum absolute atomic E-state index is 3.41. The summed E-state index contributed by atoms with van der Waals surface area (Å²) in [6.07, 6.45) is 3.90. The van der Waals surface area contributed by atoms with Crippen LogP contribution in [0.25, 0.3) is 0 Å². The molecule has 1 atom stereocenters. The van der Waals surface area contributed by atoms with E-state index >= 15 is 0 Å². The maximum atomic E-state index is 3.41. The van der Waals surface area contributed by atoms with Crippen molar-refractivity contribution >= 4 is 33.9 Å². The summed E-state index contributed by atoms with van der Waals surface area (Å²) in [6.45, 7) is 4.59. The Morgan fingerprint density at radius 2 is 2.13 bits per heavy atom. The lowest BCUT2D eigenvalue weighted by molar-refractivity contribution is 0.471. The summed E-state index contributed by atoms with van der Waals surface area (Å²) in [7, 11) is 2.06. The van der Waals surface area contributed by atoms with E-state index in [9.17, 15) is 0 Å². The molecule has 0 aliphatic rings. The average Bonchev–Trinajstić information content (AvgIpc) is 2.59. The van der Waals surface area contributed by atoms with Gasteiger partial charge in [-0.1, -0.05) is 26.7 Å². The van der Waals surface area contributed by atoms with Gasteiger partial charge in [0.15, 0.2) is 0 Å². The van der Waals surface area contributed by atoms with Gasteiger partial charge in [-0.3, -0.25) is 0 Å². The normalized spacial score (nSPS) is 13.4. The van der Waals surface area contributed by atoms with Gasteiger partial charge in [0.1, 0.15) is 0 Å². The minimum atomic E-state index is 0.545. The van der Waals surface area contributed by atoms with E-state index in [1.165, 1.54) is 27.7 Å². The van der Waals surface area contributed by atoms with Crippen LogP contribution >= 0.6 is 33.9 Å². The molecule has 1 nitrogen and oxygen atoms in total. The van der Waals surface area contributed by atoms with Gasteiger partial charge in [0.2, 0.25) is 0 Å². The minimum absolute atomic E-state index is 0.545. The Morgan fingerprint density at radius 1 is 1.40 bits per heavy atom.